The van der Waals surface area contributed by atoms with Crippen LogP contribution in [0.4, 0.5) is 0 Å². The Balaban J connectivity index is 2.71. The number of pyridine rings is 1. The van der Waals surface area contributed by atoms with E-state index in [4.69, 9.17) is 0 Å². The Morgan fingerprint density at radius 1 is 1.50 bits per heavy atom. The van der Waals surface area contributed by atoms with E-state index >= 15 is 0 Å². The molecule has 0 fully saturated rings. The molecule has 3 nitrogen and oxygen atoms in total. The van der Waals surface area contributed by atoms with Crippen LogP contribution in [0.3, 0.4) is 0 Å². The van der Waals surface area contributed by atoms with Crippen molar-refractivity contribution >= 4 is 5.91 Å². The molecule has 3 heteroatoms. The number of carbonyl (C=O) groups excluding carboxylic acids is 1. The van der Waals surface area contributed by atoms with Crippen LogP contribution < -0.4 is 5.32 Å². The Morgan fingerprint density at radius 3 is 2.64 bits per heavy atom. The zero-order chi connectivity index (χ0) is 10.6. The molecule has 0 spiro atoms. The molecule has 1 heterocycles. The van der Waals surface area contributed by atoms with E-state index in [9.17, 15) is 4.79 Å². The maximum atomic E-state index is 11.5. The number of nitrogens with zero attached hydrogens (tertiary/aromatic N) is 1. The van der Waals surface area contributed by atoms with Crippen molar-refractivity contribution in [1.29, 1.82) is 0 Å². The summed E-state index contributed by atoms with van der Waals surface area (Å²) >= 11 is 0. The van der Waals surface area contributed by atoms with Crippen molar-refractivity contribution in [3.05, 3.63) is 29.6 Å². The van der Waals surface area contributed by atoms with E-state index in [0.717, 1.165) is 12.1 Å². The minimum Gasteiger partial charge on any atom is -0.350 e. The van der Waals surface area contributed by atoms with Gasteiger partial charge in [0.05, 0.1) is 5.56 Å². The highest BCUT2D eigenvalue weighted by Gasteiger charge is 2.06. The molecule has 0 unspecified atom stereocenters. The van der Waals surface area contributed by atoms with E-state index in [-0.39, 0.29) is 11.9 Å². The van der Waals surface area contributed by atoms with Crippen LogP contribution in [0.2, 0.25) is 0 Å². The van der Waals surface area contributed by atoms with E-state index < -0.39 is 0 Å². The van der Waals surface area contributed by atoms with Crippen LogP contribution in [0.1, 0.15) is 36.8 Å². The summed E-state index contributed by atoms with van der Waals surface area (Å²) in [7, 11) is 0. The molecular formula is C11H16N2O. The summed E-state index contributed by atoms with van der Waals surface area (Å²) < 4.78 is 0. The topological polar surface area (TPSA) is 42.0 Å². The van der Waals surface area contributed by atoms with Gasteiger partial charge in [0, 0.05) is 17.9 Å². The summed E-state index contributed by atoms with van der Waals surface area (Å²) in [4.78, 5) is 15.7. The monoisotopic (exact) mass is 192 g/mol. The van der Waals surface area contributed by atoms with E-state index in [2.05, 4.69) is 10.3 Å². The fourth-order valence-electron chi connectivity index (χ4n) is 1.11. The first kappa shape index (κ1) is 10.7. The molecular weight excluding hydrogens is 176 g/mol. The van der Waals surface area contributed by atoms with Crippen LogP contribution in [0, 0.1) is 0 Å². The molecule has 1 N–H and O–H groups in total. The first-order chi connectivity index (χ1) is 6.63. The average molecular weight is 192 g/mol. The van der Waals surface area contributed by atoms with E-state index in [1.165, 1.54) is 0 Å². The summed E-state index contributed by atoms with van der Waals surface area (Å²) in [5.74, 6) is -0.0600. The lowest BCUT2D eigenvalue weighted by Gasteiger charge is -2.07. The summed E-state index contributed by atoms with van der Waals surface area (Å²) in [5.41, 5.74) is 1.63. The first-order valence-corrected chi connectivity index (χ1v) is 4.89. The third-order valence-corrected chi connectivity index (χ3v) is 1.87. The molecule has 0 radical (unpaired) electrons. The molecule has 1 rings (SSSR count). The lowest BCUT2D eigenvalue weighted by atomic mass is 10.2. The Labute approximate surface area is 84.6 Å². The second kappa shape index (κ2) is 4.74. The smallest absolute Gasteiger partial charge is 0.253 e. The van der Waals surface area contributed by atoms with Crippen molar-refractivity contribution in [1.82, 2.24) is 10.3 Å². The maximum absolute atomic E-state index is 11.5. The van der Waals surface area contributed by atoms with Crippen molar-refractivity contribution in [2.75, 3.05) is 0 Å². The average Bonchev–Trinajstić information content (AvgIpc) is 2.17. The highest BCUT2D eigenvalue weighted by atomic mass is 16.1. The largest absolute Gasteiger partial charge is 0.350 e. The van der Waals surface area contributed by atoms with Crippen molar-refractivity contribution in [2.45, 2.75) is 33.2 Å². The second-order valence-electron chi connectivity index (χ2n) is 3.52. The summed E-state index contributed by atoms with van der Waals surface area (Å²) in [6.07, 6.45) is 2.52. The maximum Gasteiger partial charge on any atom is 0.253 e. The van der Waals surface area contributed by atoms with Crippen molar-refractivity contribution in [2.24, 2.45) is 0 Å². The standard InChI is InChI=1S/C11H16N2O/c1-4-10-6-5-9(7-12-10)11(14)13-8(2)3/h5-8H,4H2,1-3H3,(H,13,14). The van der Waals surface area contributed by atoms with Crippen LogP contribution in [0.25, 0.3) is 0 Å². The highest BCUT2D eigenvalue weighted by molar-refractivity contribution is 5.93. The Bertz CT molecular complexity index is 304. The van der Waals surface area contributed by atoms with Gasteiger partial charge in [-0.1, -0.05) is 6.92 Å². The van der Waals surface area contributed by atoms with Crippen LogP contribution >= 0.6 is 0 Å². The minimum absolute atomic E-state index is 0.0600. The number of amides is 1. The molecule has 1 amide bonds. The van der Waals surface area contributed by atoms with Gasteiger partial charge in [-0.3, -0.25) is 9.78 Å². The summed E-state index contributed by atoms with van der Waals surface area (Å²) in [6, 6.07) is 3.85. The van der Waals surface area contributed by atoms with Crippen molar-refractivity contribution in [3.63, 3.8) is 0 Å². The lowest BCUT2D eigenvalue weighted by Crippen LogP contribution is -2.30. The van der Waals surface area contributed by atoms with Crippen molar-refractivity contribution < 1.29 is 4.79 Å². The fourth-order valence-corrected chi connectivity index (χ4v) is 1.11. The number of carbonyl (C=O) groups is 1. The molecule has 0 aromatic carbocycles. The number of aromatic nitrogens is 1. The van der Waals surface area contributed by atoms with Gasteiger partial charge < -0.3 is 5.32 Å². The Morgan fingerprint density at radius 2 is 2.21 bits per heavy atom. The van der Waals surface area contributed by atoms with Gasteiger partial charge in [-0.25, -0.2) is 0 Å². The molecule has 76 valence electrons. The molecule has 14 heavy (non-hydrogen) atoms. The minimum atomic E-state index is -0.0600. The molecule has 0 saturated carbocycles. The lowest BCUT2D eigenvalue weighted by molar-refractivity contribution is 0.0942. The number of nitrogens with one attached hydrogen (secondary N) is 1. The molecule has 0 bridgehead atoms. The van der Waals surface area contributed by atoms with Gasteiger partial charge in [0.15, 0.2) is 0 Å². The number of hydrogen-bond donors (Lipinski definition) is 1. The van der Waals surface area contributed by atoms with Gasteiger partial charge in [-0.2, -0.15) is 0 Å². The molecule has 0 aliphatic heterocycles. The first-order valence-electron chi connectivity index (χ1n) is 4.89. The van der Waals surface area contributed by atoms with Gasteiger partial charge in [-0.05, 0) is 32.4 Å². The fraction of sp³-hybridized carbons (Fsp3) is 0.455. The SMILES string of the molecule is CCc1ccc(C(=O)NC(C)C)cn1. The number of aryl methyl sites for hydroxylation is 1. The Kier molecular flexibility index (Phi) is 3.63. The van der Waals surface area contributed by atoms with E-state index in [1.54, 1.807) is 6.20 Å². The van der Waals surface area contributed by atoms with Gasteiger partial charge in [0.2, 0.25) is 0 Å². The number of hydrogen-bond acceptors (Lipinski definition) is 2. The van der Waals surface area contributed by atoms with E-state index in [1.807, 2.05) is 32.9 Å². The number of rotatable bonds is 3. The zero-order valence-electron chi connectivity index (χ0n) is 8.87. The third-order valence-electron chi connectivity index (χ3n) is 1.87. The van der Waals surface area contributed by atoms with Crippen molar-refractivity contribution in [3.8, 4) is 0 Å². The predicted molar refractivity (Wildman–Crippen MR) is 56.2 cm³/mol. The zero-order valence-corrected chi connectivity index (χ0v) is 8.87. The van der Waals surface area contributed by atoms with Gasteiger partial charge in [-0.15, -0.1) is 0 Å². The molecule has 0 atom stereocenters. The predicted octanol–water partition coefficient (Wildman–Crippen LogP) is 1.78. The third kappa shape index (κ3) is 2.83. The quantitative estimate of drug-likeness (QED) is 0.793. The van der Waals surface area contributed by atoms with Crippen LogP contribution in [0.15, 0.2) is 18.3 Å². The normalized spacial score (nSPS) is 10.3. The highest BCUT2D eigenvalue weighted by Crippen LogP contribution is 2.01. The van der Waals surface area contributed by atoms with Crippen LogP contribution in [-0.4, -0.2) is 16.9 Å². The van der Waals surface area contributed by atoms with Gasteiger partial charge in [0.25, 0.3) is 5.91 Å². The summed E-state index contributed by atoms with van der Waals surface area (Å²) in [6.45, 7) is 5.91. The summed E-state index contributed by atoms with van der Waals surface area (Å²) in [5, 5.41) is 2.82. The van der Waals surface area contributed by atoms with E-state index in [0.29, 0.717) is 5.56 Å². The molecule has 1 aromatic heterocycles. The van der Waals surface area contributed by atoms with Gasteiger partial charge >= 0.3 is 0 Å². The van der Waals surface area contributed by atoms with Gasteiger partial charge in [0.1, 0.15) is 0 Å². The second-order valence-corrected chi connectivity index (χ2v) is 3.52. The van der Waals surface area contributed by atoms with Crippen LogP contribution in [-0.2, 0) is 6.42 Å². The Hall–Kier alpha value is -1.38. The van der Waals surface area contributed by atoms with Crippen LogP contribution in [0.5, 0.6) is 0 Å². The molecule has 0 aliphatic carbocycles. The molecule has 1 aromatic rings. The molecule has 0 aliphatic rings. The molecule has 0 saturated heterocycles.